The predicted molar refractivity (Wildman–Crippen MR) is 93.9 cm³/mol. The Kier molecular flexibility index (Phi) is 4.17. The van der Waals surface area contributed by atoms with Crippen molar-refractivity contribution in [3.63, 3.8) is 0 Å². The summed E-state index contributed by atoms with van der Waals surface area (Å²) in [6, 6.07) is 12.7. The Bertz CT molecular complexity index is 685. The number of aryl methyl sites for hydroxylation is 1. The van der Waals surface area contributed by atoms with Crippen LogP contribution in [0.25, 0.3) is 0 Å². The van der Waals surface area contributed by atoms with Crippen molar-refractivity contribution in [2.45, 2.75) is 44.4 Å². The standard InChI is InChI=1S/C21H25NO2/c1-15-4-6-16(7-5-15)19(17-8-9-17)13-21(23)22-11-10-18(14-22)20-3-2-12-24-20/h2-7,12,17-19H,8-11,13-14H2,1H3. The van der Waals surface area contributed by atoms with Crippen LogP contribution in [0, 0.1) is 12.8 Å². The highest BCUT2D eigenvalue weighted by Gasteiger charge is 2.36. The van der Waals surface area contributed by atoms with Crippen LogP contribution in [0.5, 0.6) is 0 Å². The molecule has 2 aromatic rings. The molecule has 1 aromatic heterocycles. The molecule has 4 rings (SSSR count). The molecule has 1 aliphatic heterocycles. The Balaban J connectivity index is 1.41. The fourth-order valence-corrected chi connectivity index (χ4v) is 3.93. The first-order valence-corrected chi connectivity index (χ1v) is 9.08. The molecule has 24 heavy (non-hydrogen) atoms. The van der Waals surface area contributed by atoms with Crippen LogP contribution in [0.1, 0.15) is 54.4 Å². The number of hydrogen-bond donors (Lipinski definition) is 0. The van der Waals surface area contributed by atoms with Gasteiger partial charge in [0.1, 0.15) is 5.76 Å². The van der Waals surface area contributed by atoms with Gasteiger partial charge in [-0.3, -0.25) is 4.79 Å². The Hall–Kier alpha value is -2.03. The largest absolute Gasteiger partial charge is 0.469 e. The van der Waals surface area contributed by atoms with E-state index in [4.69, 9.17) is 4.42 Å². The average molecular weight is 323 g/mol. The number of nitrogens with zero attached hydrogens (tertiary/aromatic N) is 1. The van der Waals surface area contributed by atoms with E-state index in [0.717, 1.165) is 25.3 Å². The van der Waals surface area contributed by atoms with Gasteiger partial charge in [0, 0.05) is 25.4 Å². The van der Waals surface area contributed by atoms with E-state index in [0.29, 0.717) is 30.1 Å². The van der Waals surface area contributed by atoms with Crippen molar-refractivity contribution in [1.82, 2.24) is 4.90 Å². The van der Waals surface area contributed by atoms with Gasteiger partial charge in [0.05, 0.1) is 6.26 Å². The molecule has 0 N–H and O–H groups in total. The summed E-state index contributed by atoms with van der Waals surface area (Å²) in [7, 11) is 0. The molecule has 2 atom stereocenters. The van der Waals surface area contributed by atoms with Crippen LogP contribution in [0.15, 0.2) is 47.1 Å². The van der Waals surface area contributed by atoms with Gasteiger partial charge in [0.15, 0.2) is 0 Å². The van der Waals surface area contributed by atoms with E-state index < -0.39 is 0 Å². The first kappa shape index (κ1) is 15.5. The SMILES string of the molecule is Cc1ccc(C(CC(=O)N2CCC(c3ccco3)C2)C2CC2)cc1. The number of furan rings is 1. The normalized spacial score (nSPS) is 21.9. The molecule has 2 unspecified atom stereocenters. The zero-order valence-electron chi connectivity index (χ0n) is 14.3. The molecule has 0 spiro atoms. The van der Waals surface area contributed by atoms with Gasteiger partial charge in [0.25, 0.3) is 0 Å². The Morgan fingerprint density at radius 3 is 2.67 bits per heavy atom. The van der Waals surface area contributed by atoms with E-state index in [9.17, 15) is 4.79 Å². The molecule has 0 bridgehead atoms. The molecular weight excluding hydrogens is 298 g/mol. The van der Waals surface area contributed by atoms with Gasteiger partial charge < -0.3 is 9.32 Å². The van der Waals surface area contributed by atoms with Gasteiger partial charge in [-0.2, -0.15) is 0 Å². The summed E-state index contributed by atoms with van der Waals surface area (Å²) < 4.78 is 5.52. The van der Waals surface area contributed by atoms with Gasteiger partial charge in [-0.1, -0.05) is 29.8 Å². The van der Waals surface area contributed by atoms with E-state index in [2.05, 4.69) is 31.2 Å². The van der Waals surface area contributed by atoms with E-state index in [-0.39, 0.29) is 0 Å². The van der Waals surface area contributed by atoms with Crippen molar-refractivity contribution >= 4 is 5.91 Å². The smallest absolute Gasteiger partial charge is 0.223 e. The van der Waals surface area contributed by atoms with E-state index in [1.54, 1.807) is 6.26 Å². The molecule has 126 valence electrons. The number of carbonyl (C=O) groups is 1. The fourth-order valence-electron chi connectivity index (χ4n) is 3.93. The quantitative estimate of drug-likeness (QED) is 0.812. The Labute approximate surface area is 143 Å². The van der Waals surface area contributed by atoms with Crippen molar-refractivity contribution in [2.75, 3.05) is 13.1 Å². The maximum atomic E-state index is 12.8. The third kappa shape index (κ3) is 3.26. The van der Waals surface area contributed by atoms with Crippen molar-refractivity contribution < 1.29 is 9.21 Å². The van der Waals surface area contributed by atoms with Crippen LogP contribution < -0.4 is 0 Å². The number of likely N-dealkylation sites (tertiary alicyclic amines) is 1. The topological polar surface area (TPSA) is 33.5 Å². The van der Waals surface area contributed by atoms with Gasteiger partial charge in [-0.25, -0.2) is 0 Å². The second-order valence-corrected chi connectivity index (χ2v) is 7.40. The van der Waals surface area contributed by atoms with Gasteiger partial charge >= 0.3 is 0 Å². The summed E-state index contributed by atoms with van der Waals surface area (Å²) in [5.74, 6) is 2.77. The molecule has 0 radical (unpaired) electrons. The lowest BCUT2D eigenvalue weighted by Crippen LogP contribution is -2.30. The molecule has 2 aliphatic rings. The lowest BCUT2D eigenvalue weighted by molar-refractivity contribution is -0.130. The van der Waals surface area contributed by atoms with Crippen LogP contribution in [0.3, 0.4) is 0 Å². The third-order valence-corrected chi connectivity index (χ3v) is 5.58. The number of carbonyl (C=O) groups excluding carboxylic acids is 1. The van der Waals surface area contributed by atoms with Crippen molar-refractivity contribution in [3.8, 4) is 0 Å². The molecule has 1 aromatic carbocycles. The van der Waals surface area contributed by atoms with E-state index in [1.807, 2.05) is 17.0 Å². The summed E-state index contributed by atoms with van der Waals surface area (Å²) in [6.45, 7) is 3.77. The fraction of sp³-hybridized carbons (Fsp3) is 0.476. The second-order valence-electron chi connectivity index (χ2n) is 7.40. The lowest BCUT2D eigenvalue weighted by atomic mass is 9.90. The number of hydrogen-bond acceptors (Lipinski definition) is 2. The minimum absolute atomic E-state index is 0.307. The molecule has 1 saturated carbocycles. The average Bonchev–Trinajstić information content (AvgIpc) is 3.08. The summed E-state index contributed by atoms with van der Waals surface area (Å²) >= 11 is 0. The molecule has 1 saturated heterocycles. The molecule has 3 nitrogen and oxygen atoms in total. The molecular formula is C21H25NO2. The maximum absolute atomic E-state index is 12.8. The first-order valence-electron chi connectivity index (χ1n) is 9.08. The highest BCUT2D eigenvalue weighted by atomic mass is 16.3. The van der Waals surface area contributed by atoms with Crippen LogP contribution >= 0.6 is 0 Å². The Morgan fingerprint density at radius 2 is 2.00 bits per heavy atom. The summed E-state index contributed by atoms with van der Waals surface area (Å²) in [4.78, 5) is 14.9. The molecule has 2 fully saturated rings. The minimum Gasteiger partial charge on any atom is -0.469 e. The minimum atomic E-state index is 0.307. The van der Waals surface area contributed by atoms with Gasteiger partial charge in [0.2, 0.25) is 5.91 Å². The Morgan fingerprint density at radius 1 is 1.21 bits per heavy atom. The highest BCUT2D eigenvalue weighted by Crippen LogP contribution is 2.45. The van der Waals surface area contributed by atoms with Crippen molar-refractivity contribution in [2.24, 2.45) is 5.92 Å². The third-order valence-electron chi connectivity index (χ3n) is 5.58. The zero-order valence-corrected chi connectivity index (χ0v) is 14.3. The van der Waals surface area contributed by atoms with Crippen molar-refractivity contribution in [3.05, 3.63) is 59.5 Å². The van der Waals surface area contributed by atoms with Crippen LogP contribution in [-0.4, -0.2) is 23.9 Å². The van der Waals surface area contributed by atoms with E-state index in [1.165, 1.54) is 24.0 Å². The second kappa shape index (κ2) is 6.46. The first-order chi connectivity index (χ1) is 11.7. The maximum Gasteiger partial charge on any atom is 0.223 e. The summed E-state index contributed by atoms with van der Waals surface area (Å²) in [5.41, 5.74) is 2.61. The van der Waals surface area contributed by atoms with Crippen molar-refractivity contribution in [1.29, 1.82) is 0 Å². The van der Waals surface area contributed by atoms with Gasteiger partial charge in [-0.15, -0.1) is 0 Å². The predicted octanol–water partition coefficient (Wildman–Crippen LogP) is 4.49. The van der Waals surface area contributed by atoms with Crippen LogP contribution in [0.4, 0.5) is 0 Å². The summed E-state index contributed by atoms with van der Waals surface area (Å²) in [6.07, 6.45) is 5.92. The number of rotatable bonds is 5. The molecule has 2 heterocycles. The lowest BCUT2D eigenvalue weighted by Gasteiger charge is -2.22. The molecule has 1 aliphatic carbocycles. The molecule has 3 heteroatoms. The molecule has 1 amide bonds. The summed E-state index contributed by atoms with van der Waals surface area (Å²) in [5, 5.41) is 0. The van der Waals surface area contributed by atoms with E-state index >= 15 is 0 Å². The highest BCUT2D eigenvalue weighted by molar-refractivity contribution is 5.77. The number of amides is 1. The van der Waals surface area contributed by atoms with Crippen LogP contribution in [0.2, 0.25) is 0 Å². The van der Waals surface area contributed by atoms with Crippen LogP contribution in [-0.2, 0) is 4.79 Å². The van der Waals surface area contributed by atoms with Gasteiger partial charge in [-0.05, 0) is 55.7 Å². The zero-order chi connectivity index (χ0) is 16.5. The monoisotopic (exact) mass is 323 g/mol. The number of benzene rings is 1.